The molecule has 0 bridgehead atoms. The van der Waals surface area contributed by atoms with Crippen LogP contribution < -0.4 is 0 Å². The van der Waals surface area contributed by atoms with E-state index in [0.717, 1.165) is 25.7 Å². The van der Waals surface area contributed by atoms with Crippen molar-refractivity contribution in [3.05, 3.63) is 0 Å². The molecule has 0 heterocycles. The average Bonchev–Trinajstić information content (AvgIpc) is 2.12. The molecule has 1 rings (SSSR count). The molecule has 0 aromatic carbocycles. The molecule has 1 aliphatic carbocycles. The zero-order chi connectivity index (χ0) is 11.5. The fourth-order valence-corrected chi connectivity index (χ4v) is 2.51. The molecule has 2 atom stereocenters. The van der Waals surface area contributed by atoms with Crippen LogP contribution in [0.25, 0.3) is 0 Å². The van der Waals surface area contributed by atoms with Crippen molar-refractivity contribution in [1.82, 2.24) is 0 Å². The van der Waals surface area contributed by atoms with Gasteiger partial charge in [-0.15, -0.1) is 11.8 Å². The van der Waals surface area contributed by atoms with Gasteiger partial charge in [-0.1, -0.05) is 13.8 Å². The average molecular weight is 208 g/mol. The monoisotopic (exact) mass is 208 g/mol. The Hall–Kier alpha value is -0.970. The first-order valence-electron chi connectivity index (χ1n) is 5.59. The molecule has 1 aliphatic rings. The fraction of sp³-hybridized carbons (Fsp3) is 0.769. The minimum atomic E-state index is -0.645. The van der Waals surface area contributed by atoms with Crippen LogP contribution in [0.15, 0.2) is 0 Å². The molecule has 0 amide bonds. The minimum absolute atomic E-state index is 0.182. The fourth-order valence-electron chi connectivity index (χ4n) is 2.51. The molecule has 0 spiro atoms. The van der Waals surface area contributed by atoms with Crippen molar-refractivity contribution < 1.29 is 9.90 Å². The van der Waals surface area contributed by atoms with Crippen LogP contribution in [-0.4, -0.2) is 11.1 Å². The first-order valence-corrected chi connectivity index (χ1v) is 5.59. The quantitative estimate of drug-likeness (QED) is 0.708. The Morgan fingerprint density at radius 1 is 1.53 bits per heavy atom. The number of carbonyl (C=O) groups is 1. The summed E-state index contributed by atoms with van der Waals surface area (Å²) in [5, 5.41) is 9.13. The molecule has 15 heavy (non-hydrogen) atoms. The molecule has 0 saturated heterocycles. The summed E-state index contributed by atoms with van der Waals surface area (Å²) in [4.78, 5) is 11.1. The summed E-state index contributed by atoms with van der Waals surface area (Å²) >= 11 is 0. The SMILES string of the molecule is CC#CCC1CC(C)(C)CCC1C(=O)O. The molecular formula is C13H20O2. The lowest BCUT2D eigenvalue weighted by atomic mass is 9.66. The lowest BCUT2D eigenvalue weighted by molar-refractivity contribution is -0.146. The number of carboxylic acid groups (broad SMARTS) is 1. The Morgan fingerprint density at radius 2 is 2.20 bits per heavy atom. The van der Waals surface area contributed by atoms with Gasteiger partial charge in [0.1, 0.15) is 0 Å². The maximum absolute atomic E-state index is 11.1. The zero-order valence-electron chi connectivity index (χ0n) is 9.84. The van der Waals surface area contributed by atoms with E-state index in [2.05, 4.69) is 25.7 Å². The summed E-state index contributed by atoms with van der Waals surface area (Å²) in [7, 11) is 0. The van der Waals surface area contributed by atoms with E-state index in [9.17, 15) is 4.79 Å². The Labute approximate surface area is 92.1 Å². The molecule has 1 N–H and O–H groups in total. The van der Waals surface area contributed by atoms with Crippen LogP contribution in [0.1, 0.15) is 46.5 Å². The van der Waals surface area contributed by atoms with Crippen LogP contribution in [0.3, 0.4) is 0 Å². The van der Waals surface area contributed by atoms with E-state index in [0.29, 0.717) is 0 Å². The van der Waals surface area contributed by atoms with Crippen LogP contribution in [0.5, 0.6) is 0 Å². The topological polar surface area (TPSA) is 37.3 Å². The Kier molecular flexibility index (Phi) is 3.79. The third kappa shape index (κ3) is 3.27. The highest BCUT2D eigenvalue weighted by molar-refractivity contribution is 5.70. The molecule has 2 heteroatoms. The van der Waals surface area contributed by atoms with Gasteiger partial charge < -0.3 is 5.11 Å². The van der Waals surface area contributed by atoms with Gasteiger partial charge in [-0.25, -0.2) is 0 Å². The molecular weight excluding hydrogens is 188 g/mol. The molecule has 0 radical (unpaired) electrons. The third-order valence-corrected chi connectivity index (χ3v) is 3.37. The maximum Gasteiger partial charge on any atom is 0.306 e. The van der Waals surface area contributed by atoms with Crippen LogP contribution in [-0.2, 0) is 4.79 Å². The van der Waals surface area contributed by atoms with Crippen molar-refractivity contribution >= 4 is 5.97 Å². The molecule has 1 saturated carbocycles. The standard InChI is InChI=1S/C13H20O2/c1-4-5-6-10-9-13(2,3)8-7-11(10)12(14)15/h10-11H,6-9H2,1-3H3,(H,14,15). The van der Waals surface area contributed by atoms with E-state index in [1.165, 1.54) is 0 Å². The molecule has 0 aliphatic heterocycles. The number of hydrogen-bond acceptors (Lipinski definition) is 1. The largest absolute Gasteiger partial charge is 0.481 e. The summed E-state index contributed by atoms with van der Waals surface area (Å²) in [5.41, 5.74) is 0.284. The summed E-state index contributed by atoms with van der Waals surface area (Å²) < 4.78 is 0. The Morgan fingerprint density at radius 3 is 2.73 bits per heavy atom. The predicted molar refractivity (Wildman–Crippen MR) is 60.3 cm³/mol. The highest BCUT2D eigenvalue weighted by atomic mass is 16.4. The second-order valence-electron chi connectivity index (χ2n) is 5.24. The van der Waals surface area contributed by atoms with Gasteiger partial charge in [0.15, 0.2) is 0 Å². The number of aliphatic carboxylic acids is 1. The normalized spacial score (nSPS) is 29.0. The van der Waals surface area contributed by atoms with E-state index in [1.54, 1.807) is 0 Å². The molecule has 2 unspecified atom stereocenters. The highest BCUT2D eigenvalue weighted by Crippen LogP contribution is 2.43. The summed E-state index contributed by atoms with van der Waals surface area (Å²) in [6.07, 6.45) is 3.54. The lowest BCUT2D eigenvalue weighted by Crippen LogP contribution is -2.34. The van der Waals surface area contributed by atoms with Gasteiger partial charge in [-0.05, 0) is 37.5 Å². The van der Waals surface area contributed by atoms with Crippen LogP contribution >= 0.6 is 0 Å². The van der Waals surface area contributed by atoms with E-state index in [4.69, 9.17) is 5.11 Å². The maximum atomic E-state index is 11.1. The lowest BCUT2D eigenvalue weighted by Gasteiger charge is -2.38. The zero-order valence-corrected chi connectivity index (χ0v) is 9.84. The van der Waals surface area contributed by atoms with E-state index >= 15 is 0 Å². The first kappa shape index (κ1) is 12.1. The number of rotatable bonds is 2. The van der Waals surface area contributed by atoms with E-state index in [1.807, 2.05) is 6.92 Å². The summed E-state index contributed by atoms with van der Waals surface area (Å²) in [6.45, 7) is 6.25. The van der Waals surface area contributed by atoms with Gasteiger partial charge in [0, 0.05) is 6.42 Å². The van der Waals surface area contributed by atoms with Crippen LogP contribution in [0, 0.1) is 29.1 Å². The number of carboxylic acids is 1. The van der Waals surface area contributed by atoms with E-state index < -0.39 is 5.97 Å². The second-order valence-corrected chi connectivity index (χ2v) is 5.24. The van der Waals surface area contributed by atoms with Gasteiger partial charge in [0.25, 0.3) is 0 Å². The first-order chi connectivity index (χ1) is 6.96. The number of hydrogen-bond donors (Lipinski definition) is 1. The van der Waals surface area contributed by atoms with Crippen molar-refractivity contribution in [3.63, 3.8) is 0 Å². The van der Waals surface area contributed by atoms with Crippen molar-refractivity contribution in [2.45, 2.75) is 46.5 Å². The molecule has 2 nitrogen and oxygen atoms in total. The van der Waals surface area contributed by atoms with Crippen molar-refractivity contribution in [1.29, 1.82) is 0 Å². The molecule has 1 fully saturated rings. The Balaban J connectivity index is 2.72. The highest BCUT2D eigenvalue weighted by Gasteiger charge is 2.37. The van der Waals surface area contributed by atoms with Crippen molar-refractivity contribution in [2.24, 2.45) is 17.3 Å². The van der Waals surface area contributed by atoms with Crippen LogP contribution in [0.2, 0.25) is 0 Å². The van der Waals surface area contributed by atoms with Gasteiger partial charge in [-0.2, -0.15) is 0 Å². The predicted octanol–water partition coefficient (Wildman–Crippen LogP) is 2.93. The van der Waals surface area contributed by atoms with Gasteiger partial charge in [0.2, 0.25) is 0 Å². The molecule has 0 aromatic rings. The Bertz CT molecular complexity index is 293. The summed E-state index contributed by atoms with van der Waals surface area (Å²) in [5.74, 6) is 5.29. The smallest absolute Gasteiger partial charge is 0.306 e. The minimum Gasteiger partial charge on any atom is -0.481 e. The van der Waals surface area contributed by atoms with Crippen molar-refractivity contribution in [3.8, 4) is 11.8 Å². The molecule has 84 valence electrons. The van der Waals surface area contributed by atoms with Gasteiger partial charge in [-0.3, -0.25) is 4.79 Å². The van der Waals surface area contributed by atoms with Crippen molar-refractivity contribution in [2.75, 3.05) is 0 Å². The van der Waals surface area contributed by atoms with Gasteiger partial charge in [0.05, 0.1) is 5.92 Å². The van der Waals surface area contributed by atoms with E-state index in [-0.39, 0.29) is 17.3 Å². The third-order valence-electron chi connectivity index (χ3n) is 3.37. The van der Waals surface area contributed by atoms with Gasteiger partial charge >= 0.3 is 5.97 Å². The second kappa shape index (κ2) is 4.70. The summed E-state index contributed by atoms with van der Waals surface area (Å²) in [6, 6.07) is 0. The van der Waals surface area contributed by atoms with Crippen LogP contribution in [0.4, 0.5) is 0 Å². The molecule has 0 aromatic heterocycles.